The van der Waals surface area contributed by atoms with Gasteiger partial charge >= 0.3 is 0 Å². The molecule has 3 aromatic rings. The predicted molar refractivity (Wildman–Crippen MR) is 257 cm³/mol. The number of nitrogens with one attached hydrogen (secondary N) is 3. The zero-order chi connectivity index (χ0) is 45.2. The van der Waals surface area contributed by atoms with Crippen LogP contribution in [-0.4, -0.2) is 103 Å². The highest BCUT2D eigenvalue weighted by Crippen LogP contribution is 2.42. The number of phenols is 1. The Balaban J connectivity index is 1.17. The van der Waals surface area contributed by atoms with Crippen LogP contribution >= 0.6 is 21.6 Å². The Morgan fingerprint density at radius 1 is 0.953 bits per heavy atom. The molecular formula is C51H68N4O7S2. The van der Waals surface area contributed by atoms with Crippen LogP contribution < -0.4 is 21.1 Å². The standard InChI is InChI=1S/C51H68N4O7S2/c1-31(21-33-7-4-3-5-8-33)35-12-10-34-11-13-36(24-46(60)49(34)45(59)17-15-41(22-35)55-27-32(2)57)37-14-16-44(58)47(25-37)62-48-26-38(23-40-9-6-19-53-40)42-18-20-54-51(52)43(42)30-64-63-29-39(28-56)50(48)61/h3-9,11,13-14,16,18-19,25,31-32,34-36,38-39,41,45-46,48-50,53-61H,15,17,20-24,26-30,52H2,1-2H3. The van der Waals surface area contributed by atoms with E-state index in [1.165, 1.54) is 5.56 Å². The average Bonchev–Trinajstić information content (AvgIpc) is 3.73. The van der Waals surface area contributed by atoms with Crippen molar-refractivity contribution in [1.82, 2.24) is 15.6 Å². The first-order chi connectivity index (χ1) is 31.0. The summed E-state index contributed by atoms with van der Waals surface area (Å²) in [5.41, 5.74) is 11.8. The smallest absolute Gasteiger partial charge is 0.161 e. The number of H-pyrrole nitrogens is 1. The van der Waals surface area contributed by atoms with E-state index in [-0.39, 0.29) is 47.8 Å². The van der Waals surface area contributed by atoms with Gasteiger partial charge in [-0.3, -0.25) is 0 Å². The van der Waals surface area contributed by atoms with Gasteiger partial charge in [-0.15, -0.1) is 0 Å². The Morgan fingerprint density at radius 2 is 1.78 bits per heavy atom. The first kappa shape index (κ1) is 48.1. The number of aliphatic hydroxyl groups excluding tert-OH is 5. The van der Waals surface area contributed by atoms with Crippen molar-refractivity contribution in [1.29, 1.82) is 0 Å². The lowest BCUT2D eigenvalue weighted by Crippen LogP contribution is -2.42. The molecule has 2 aromatic carbocycles. The minimum atomic E-state index is -1.05. The third kappa shape index (κ3) is 12.5. The van der Waals surface area contributed by atoms with Crippen LogP contribution in [0.3, 0.4) is 0 Å². The second-order valence-corrected chi connectivity index (χ2v) is 20.9. The molecule has 2 aliphatic carbocycles. The van der Waals surface area contributed by atoms with Crippen LogP contribution in [0, 0.1) is 47.3 Å². The first-order valence-electron chi connectivity index (χ1n) is 23.1. The molecule has 0 bridgehead atoms. The number of nitrogens with two attached hydrogens (primary N) is 1. The van der Waals surface area contributed by atoms with Gasteiger partial charge < -0.3 is 56.7 Å². The topological polar surface area (TPSA) is 196 Å². The molecule has 13 heteroatoms. The molecule has 346 valence electrons. The number of fused-ring (bicyclic) bond motifs is 2. The molecule has 0 saturated carbocycles. The van der Waals surface area contributed by atoms with Crippen molar-refractivity contribution in [2.24, 2.45) is 41.2 Å². The molecule has 64 heavy (non-hydrogen) atoms. The summed E-state index contributed by atoms with van der Waals surface area (Å²) >= 11 is 0. The van der Waals surface area contributed by atoms with Crippen molar-refractivity contribution in [2.75, 3.05) is 31.2 Å². The number of hydrogen-bond donors (Lipinski definition) is 10. The van der Waals surface area contributed by atoms with Crippen molar-refractivity contribution in [2.45, 2.75) is 101 Å². The molecule has 7 rings (SSSR count). The van der Waals surface area contributed by atoms with Gasteiger partial charge in [0.25, 0.3) is 0 Å². The molecule has 0 radical (unpaired) electrons. The normalized spacial score (nSPS) is 31.3. The fourth-order valence-corrected chi connectivity index (χ4v) is 12.5. The van der Waals surface area contributed by atoms with Gasteiger partial charge in [-0.2, -0.15) is 0 Å². The Bertz CT molecular complexity index is 2100. The lowest BCUT2D eigenvalue weighted by molar-refractivity contribution is -0.0214. The van der Waals surface area contributed by atoms with E-state index in [0.717, 1.165) is 35.2 Å². The number of allylic oxidation sites excluding steroid dienone is 3. The minimum Gasteiger partial charge on any atom is -0.504 e. The van der Waals surface area contributed by atoms with Crippen molar-refractivity contribution in [3.05, 3.63) is 119 Å². The van der Waals surface area contributed by atoms with Gasteiger partial charge in [-0.25, -0.2) is 0 Å². The summed E-state index contributed by atoms with van der Waals surface area (Å²) in [6.07, 6.45) is 8.29. The van der Waals surface area contributed by atoms with Gasteiger partial charge in [-0.05, 0) is 105 Å². The van der Waals surface area contributed by atoms with Gasteiger partial charge in [0.1, 0.15) is 11.9 Å². The van der Waals surface area contributed by atoms with Crippen LogP contribution in [0.5, 0.6) is 11.5 Å². The number of ether oxygens (including phenoxy) is 1. The maximum atomic E-state index is 12.0. The highest BCUT2D eigenvalue weighted by molar-refractivity contribution is 8.76. The third-order valence-corrected chi connectivity index (χ3v) is 16.1. The van der Waals surface area contributed by atoms with E-state index in [1.807, 2.05) is 36.5 Å². The monoisotopic (exact) mass is 912 g/mol. The van der Waals surface area contributed by atoms with Gasteiger partial charge in [0.2, 0.25) is 0 Å². The van der Waals surface area contributed by atoms with E-state index in [1.54, 1.807) is 40.6 Å². The molecule has 3 heterocycles. The molecule has 1 saturated heterocycles. The van der Waals surface area contributed by atoms with E-state index in [2.05, 4.69) is 70.8 Å². The minimum absolute atomic E-state index is 0.0386. The molecule has 0 amide bonds. The van der Waals surface area contributed by atoms with Crippen LogP contribution in [0.4, 0.5) is 0 Å². The number of aromatic amines is 1. The van der Waals surface area contributed by atoms with Gasteiger partial charge in [-0.1, -0.05) is 95.0 Å². The predicted octanol–water partition coefficient (Wildman–Crippen LogP) is 5.80. The van der Waals surface area contributed by atoms with Crippen LogP contribution in [0.15, 0.2) is 102 Å². The number of benzene rings is 2. The second-order valence-electron chi connectivity index (χ2n) is 18.4. The quantitative estimate of drug-likeness (QED) is 0.0597. The van der Waals surface area contributed by atoms with E-state index in [4.69, 9.17) is 10.5 Å². The summed E-state index contributed by atoms with van der Waals surface area (Å²) in [4.78, 5) is 3.34. The lowest BCUT2D eigenvalue weighted by atomic mass is 9.77. The Kier molecular flexibility index (Phi) is 17.3. The van der Waals surface area contributed by atoms with E-state index in [9.17, 15) is 30.6 Å². The van der Waals surface area contributed by atoms with Crippen LogP contribution in [0.2, 0.25) is 0 Å². The van der Waals surface area contributed by atoms with Crippen molar-refractivity contribution in [3.8, 4) is 23.3 Å². The molecular weight excluding hydrogens is 845 g/mol. The highest BCUT2D eigenvalue weighted by atomic mass is 33.1. The van der Waals surface area contributed by atoms with Crippen molar-refractivity contribution >= 4 is 21.6 Å². The lowest BCUT2D eigenvalue weighted by Gasteiger charge is -2.34. The summed E-state index contributed by atoms with van der Waals surface area (Å²) in [5.74, 6) is 7.61. The zero-order valence-electron chi connectivity index (χ0n) is 37.1. The zero-order valence-corrected chi connectivity index (χ0v) is 38.7. The molecule has 11 N–H and O–H groups in total. The molecule has 0 spiro atoms. The van der Waals surface area contributed by atoms with Crippen LogP contribution in [-0.2, 0) is 12.8 Å². The number of dihydropyridines is 1. The largest absolute Gasteiger partial charge is 0.504 e. The number of phenolic OH excluding ortho intramolecular Hbond substituents is 1. The first-order valence-corrected chi connectivity index (χ1v) is 25.5. The fourth-order valence-electron chi connectivity index (χ4n) is 9.95. The Hall–Kier alpha value is -3.84. The van der Waals surface area contributed by atoms with Crippen molar-refractivity contribution in [3.63, 3.8) is 0 Å². The summed E-state index contributed by atoms with van der Waals surface area (Å²) in [6.45, 7) is 4.81. The summed E-state index contributed by atoms with van der Waals surface area (Å²) < 4.78 is 6.74. The van der Waals surface area contributed by atoms with E-state index >= 15 is 0 Å². The van der Waals surface area contributed by atoms with Crippen LogP contribution in [0.1, 0.15) is 68.7 Å². The molecule has 11 nitrogen and oxygen atoms in total. The Labute approximate surface area is 386 Å². The van der Waals surface area contributed by atoms with Crippen molar-refractivity contribution < 1.29 is 35.4 Å². The van der Waals surface area contributed by atoms with Gasteiger partial charge in [0, 0.05) is 84.3 Å². The number of aromatic nitrogens is 1. The van der Waals surface area contributed by atoms with Gasteiger partial charge in [0.05, 0.1) is 24.4 Å². The fraction of sp³-hybridized carbons (Fsp3) is 0.529. The number of aliphatic hydroxyl groups is 5. The summed E-state index contributed by atoms with van der Waals surface area (Å²) in [5, 5.41) is 74.8. The van der Waals surface area contributed by atoms with E-state index < -0.39 is 48.3 Å². The summed E-state index contributed by atoms with van der Waals surface area (Å²) in [7, 11) is 3.23. The Morgan fingerprint density at radius 3 is 2.55 bits per heavy atom. The maximum Gasteiger partial charge on any atom is 0.161 e. The van der Waals surface area contributed by atoms with Crippen LogP contribution in [0.25, 0.3) is 0 Å². The van der Waals surface area contributed by atoms with Gasteiger partial charge in [0.15, 0.2) is 11.5 Å². The average molecular weight is 913 g/mol. The molecule has 1 aromatic heterocycles. The number of aromatic hydroxyl groups is 1. The molecule has 2 aliphatic heterocycles. The molecule has 13 unspecified atom stereocenters. The molecule has 4 aliphatic rings. The SMILES string of the molecule is CC(O)CNC1CCC(O)C2C(C#CC(C(C)Cc3ccccc3)C1)C=CC(c1ccc(O)c(OC3CC(Cc4ccc[nH]4)C4=CCNC(N)=C4CSSCC(CO)C3O)c1)CC2O. The maximum absolute atomic E-state index is 12.0. The second kappa shape index (κ2) is 23.1. The highest BCUT2D eigenvalue weighted by Gasteiger charge is 2.39. The third-order valence-electron chi connectivity index (χ3n) is 13.7. The summed E-state index contributed by atoms with van der Waals surface area (Å²) in [6, 6.07) is 19.7. The number of rotatable bonds is 12. The van der Waals surface area contributed by atoms with E-state index in [0.29, 0.717) is 62.5 Å². The number of hydrogen-bond acceptors (Lipinski definition) is 12. The molecule has 13 atom stereocenters. The molecule has 1 fully saturated rings.